The monoisotopic (exact) mass is 361 g/mol. The molecule has 9 nitrogen and oxygen atoms in total. The smallest absolute Gasteiger partial charge is 0.327 e. The molecule has 130 valence electrons. The number of carbonyl (C=O) groups excluding carboxylic acids is 1. The molecule has 0 saturated heterocycles. The zero-order chi connectivity index (χ0) is 17.8. The largest absolute Gasteiger partial charge is 0.493 e. The molecule has 0 fully saturated rings. The molecule has 2 heterocycles. The molecule has 0 spiro atoms. The van der Waals surface area contributed by atoms with Crippen LogP contribution in [0, 0.1) is 6.92 Å². The highest BCUT2D eigenvalue weighted by Crippen LogP contribution is 2.34. The van der Waals surface area contributed by atoms with Gasteiger partial charge < -0.3 is 19.2 Å². The van der Waals surface area contributed by atoms with Crippen LogP contribution in [0.3, 0.4) is 0 Å². The van der Waals surface area contributed by atoms with E-state index in [4.69, 9.17) is 13.9 Å². The first-order chi connectivity index (χ1) is 12.1. The van der Waals surface area contributed by atoms with Crippen molar-refractivity contribution in [1.29, 1.82) is 0 Å². The summed E-state index contributed by atoms with van der Waals surface area (Å²) < 4.78 is 15.8. The molecule has 25 heavy (non-hydrogen) atoms. The fourth-order valence-corrected chi connectivity index (χ4v) is 2.66. The summed E-state index contributed by atoms with van der Waals surface area (Å²) in [5.41, 5.74) is 1.01. The predicted molar refractivity (Wildman–Crippen MR) is 92.3 cm³/mol. The lowest BCUT2D eigenvalue weighted by Gasteiger charge is -2.12. The van der Waals surface area contributed by atoms with Crippen LogP contribution in [0.4, 0.5) is 16.5 Å². The van der Waals surface area contributed by atoms with Gasteiger partial charge in [0.25, 0.3) is 5.89 Å². The molecule has 2 N–H and O–H groups in total. The minimum atomic E-state index is -0.559. The number of urea groups is 1. The molecule has 2 amide bonds. The molecule has 0 aliphatic rings. The summed E-state index contributed by atoms with van der Waals surface area (Å²) in [6.07, 6.45) is 0. The van der Waals surface area contributed by atoms with Crippen molar-refractivity contribution >= 4 is 29.1 Å². The van der Waals surface area contributed by atoms with E-state index in [1.807, 2.05) is 6.92 Å². The number of nitrogens with zero attached hydrogens (tertiary/aromatic N) is 3. The van der Waals surface area contributed by atoms with Crippen molar-refractivity contribution in [1.82, 2.24) is 15.2 Å². The second-order valence-corrected chi connectivity index (χ2v) is 5.85. The quantitative estimate of drug-likeness (QED) is 0.718. The Morgan fingerprint density at radius 1 is 1.20 bits per heavy atom. The van der Waals surface area contributed by atoms with Gasteiger partial charge in [-0.15, -0.1) is 16.4 Å². The first kappa shape index (κ1) is 16.7. The third kappa shape index (κ3) is 3.69. The molecule has 0 saturated carbocycles. The summed E-state index contributed by atoms with van der Waals surface area (Å²) in [6.45, 7) is 1.87. The number of nitrogens with one attached hydrogen (secondary N) is 2. The minimum Gasteiger partial charge on any atom is -0.493 e. The number of benzene rings is 1. The van der Waals surface area contributed by atoms with Crippen molar-refractivity contribution in [2.45, 2.75) is 6.92 Å². The van der Waals surface area contributed by atoms with Crippen LogP contribution in [-0.4, -0.2) is 35.4 Å². The van der Waals surface area contributed by atoms with E-state index in [-0.39, 0.29) is 11.9 Å². The van der Waals surface area contributed by atoms with Gasteiger partial charge >= 0.3 is 12.0 Å². The Kier molecular flexibility index (Phi) is 4.80. The third-order valence-electron chi connectivity index (χ3n) is 3.13. The first-order valence-corrected chi connectivity index (χ1v) is 8.03. The Hall–Kier alpha value is -3.14. The number of thiazole rings is 1. The molecule has 10 heteroatoms. The van der Waals surface area contributed by atoms with Gasteiger partial charge in [-0.25, -0.2) is 9.78 Å². The van der Waals surface area contributed by atoms with Crippen LogP contribution in [0.25, 0.3) is 11.6 Å². The maximum absolute atomic E-state index is 12.1. The molecule has 0 atom stereocenters. The summed E-state index contributed by atoms with van der Waals surface area (Å²) in [6, 6.07) is 4.53. The Morgan fingerprint density at radius 2 is 2.04 bits per heavy atom. The molecule has 1 aromatic carbocycles. The molecule has 0 bridgehead atoms. The number of hydrogen-bond acceptors (Lipinski definition) is 8. The van der Waals surface area contributed by atoms with E-state index in [2.05, 4.69) is 25.8 Å². The number of methoxy groups -OCH3 is 2. The van der Waals surface area contributed by atoms with E-state index in [1.54, 1.807) is 23.6 Å². The van der Waals surface area contributed by atoms with Gasteiger partial charge in [0.2, 0.25) is 0 Å². The number of carbonyl (C=O) groups is 1. The van der Waals surface area contributed by atoms with Crippen LogP contribution in [0.15, 0.2) is 28.0 Å². The number of aryl methyl sites for hydroxylation is 1. The molecule has 3 rings (SSSR count). The van der Waals surface area contributed by atoms with Crippen molar-refractivity contribution in [3.05, 3.63) is 28.6 Å². The van der Waals surface area contributed by atoms with Gasteiger partial charge in [-0.05, 0) is 19.1 Å². The van der Waals surface area contributed by atoms with E-state index in [1.165, 1.54) is 25.6 Å². The van der Waals surface area contributed by atoms with Crippen LogP contribution >= 0.6 is 11.3 Å². The zero-order valence-corrected chi connectivity index (χ0v) is 14.5. The Balaban J connectivity index is 1.70. The fraction of sp³-hybridized carbons (Fsp3) is 0.200. The Labute approximate surface area is 147 Å². The fourth-order valence-electron chi connectivity index (χ4n) is 2.08. The Bertz CT molecular complexity index is 892. The molecular formula is C15H15N5O4S. The lowest BCUT2D eigenvalue weighted by atomic mass is 10.2. The molecule has 0 aliphatic carbocycles. The molecule has 0 radical (unpaired) electrons. The lowest BCUT2D eigenvalue weighted by molar-refractivity contribution is 0.261. The highest BCUT2D eigenvalue weighted by atomic mass is 32.1. The van der Waals surface area contributed by atoms with E-state index in [0.29, 0.717) is 22.9 Å². The summed E-state index contributed by atoms with van der Waals surface area (Å²) in [5.74, 6) is 1.14. The number of para-hydroxylation sites is 1. The predicted octanol–water partition coefficient (Wildman–Crippen LogP) is 3.16. The van der Waals surface area contributed by atoms with Gasteiger partial charge in [0, 0.05) is 5.38 Å². The highest BCUT2D eigenvalue weighted by molar-refractivity contribution is 7.09. The average Bonchev–Trinajstić information content (AvgIpc) is 3.23. The van der Waals surface area contributed by atoms with Gasteiger partial charge in [0.1, 0.15) is 5.69 Å². The van der Waals surface area contributed by atoms with Crippen LogP contribution in [0.5, 0.6) is 11.5 Å². The van der Waals surface area contributed by atoms with E-state index >= 15 is 0 Å². The second kappa shape index (κ2) is 7.18. The summed E-state index contributed by atoms with van der Waals surface area (Å²) in [5, 5.41) is 15.4. The maximum atomic E-state index is 12.1. The van der Waals surface area contributed by atoms with E-state index in [0.717, 1.165) is 5.01 Å². The average molecular weight is 361 g/mol. The van der Waals surface area contributed by atoms with Crippen molar-refractivity contribution in [2.75, 3.05) is 24.9 Å². The lowest BCUT2D eigenvalue weighted by Crippen LogP contribution is -2.20. The maximum Gasteiger partial charge on any atom is 0.327 e. The van der Waals surface area contributed by atoms with E-state index < -0.39 is 6.03 Å². The zero-order valence-electron chi connectivity index (χ0n) is 13.7. The van der Waals surface area contributed by atoms with Crippen LogP contribution in [0.1, 0.15) is 5.01 Å². The van der Waals surface area contributed by atoms with Crippen LogP contribution in [0.2, 0.25) is 0 Å². The Morgan fingerprint density at radius 3 is 2.72 bits per heavy atom. The van der Waals surface area contributed by atoms with E-state index in [9.17, 15) is 4.79 Å². The van der Waals surface area contributed by atoms with Crippen LogP contribution < -0.4 is 20.1 Å². The molecule has 0 aliphatic heterocycles. The van der Waals surface area contributed by atoms with Gasteiger partial charge in [-0.2, -0.15) is 0 Å². The standard InChI is InChI=1S/C15H15N5O4S/c1-8-16-10(7-25-8)13-19-20-15(24-13)18-14(21)17-9-5-4-6-11(22-2)12(9)23-3/h4-7H,1-3H3,(H2,17,18,20,21). The van der Waals surface area contributed by atoms with Crippen molar-refractivity contribution in [3.8, 4) is 23.1 Å². The second-order valence-electron chi connectivity index (χ2n) is 4.78. The molecule has 2 aromatic heterocycles. The van der Waals surface area contributed by atoms with Crippen molar-refractivity contribution < 1.29 is 18.7 Å². The molecule has 0 unspecified atom stereocenters. The van der Waals surface area contributed by atoms with Gasteiger partial charge in [0.15, 0.2) is 11.5 Å². The normalized spacial score (nSPS) is 10.4. The number of hydrogen-bond donors (Lipinski definition) is 2. The number of ether oxygens (including phenoxy) is 2. The van der Waals surface area contributed by atoms with Crippen molar-refractivity contribution in [3.63, 3.8) is 0 Å². The third-order valence-corrected chi connectivity index (χ3v) is 3.91. The number of aromatic nitrogens is 3. The number of rotatable bonds is 5. The number of anilines is 2. The summed E-state index contributed by atoms with van der Waals surface area (Å²) in [4.78, 5) is 16.4. The molecular weight excluding hydrogens is 346 g/mol. The summed E-state index contributed by atoms with van der Waals surface area (Å²) in [7, 11) is 3.00. The van der Waals surface area contributed by atoms with Gasteiger partial charge in [0.05, 0.1) is 24.9 Å². The van der Waals surface area contributed by atoms with Crippen LogP contribution in [-0.2, 0) is 0 Å². The molecule has 3 aromatic rings. The highest BCUT2D eigenvalue weighted by Gasteiger charge is 2.16. The van der Waals surface area contributed by atoms with Gasteiger partial charge in [-0.1, -0.05) is 11.2 Å². The van der Waals surface area contributed by atoms with Crippen molar-refractivity contribution in [2.24, 2.45) is 0 Å². The number of amides is 2. The minimum absolute atomic E-state index is 0.0417. The first-order valence-electron chi connectivity index (χ1n) is 7.15. The summed E-state index contributed by atoms with van der Waals surface area (Å²) >= 11 is 1.47. The van der Waals surface area contributed by atoms with Gasteiger partial charge in [-0.3, -0.25) is 5.32 Å². The SMILES string of the molecule is COc1cccc(NC(=O)Nc2nnc(-c3csc(C)n3)o2)c1OC. The topological polar surface area (TPSA) is 111 Å².